The van der Waals surface area contributed by atoms with Crippen LogP contribution >= 0.6 is 0 Å². The highest BCUT2D eigenvalue weighted by atomic mass is 16.6. The number of nitriles is 1. The zero-order chi connectivity index (χ0) is 25.3. The predicted octanol–water partition coefficient (Wildman–Crippen LogP) is 1.75. The van der Waals surface area contributed by atoms with Gasteiger partial charge in [0.25, 0.3) is 0 Å². The van der Waals surface area contributed by atoms with Crippen molar-refractivity contribution >= 4 is 35.8 Å². The van der Waals surface area contributed by atoms with Crippen molar-refractivity contribution in [3.63, 3.8) is 0 Å². The van der Waals surface area contributed by atoms with Gasteiger partial charge in [-0.15, -0.1) is 0 Å². The largest absolute Gasteiger partial charge is 0.462 e. The maximum absolute atomic E-state index is 12.0. The second-order valence-electron chi connectivity index (χ2n) is 7.59. The van der Waals surface area contributed by atoms with Crippen LogP contribution in [0.5, 0.6) is 0 Å². The summed E-state index contributed by atoms with van der Waals surface area (Å²) >= 11 is 0. The van der Waals surface area contributed by atoms with Gasteiger partial charge in [-0.05, 0) is 18.6 Å². The molecular weight excluding hydrogens is 446 g/mol. The minimum absolute atomic E-state index is 0.158. The highest BCUT2D eigenvalue weighted by Gasteiger charge is 2.44. The molecule has 1 aliphatic heterocycles. The standard InChI is InChI=1S/C23H27N3O8/c1-14(27)31-13-21(32-15(2)28)23(34-17(4)30)22(33-16(3)29)18-10-20(11-24)26(25-12-18)19-8-6-5-7-9-19/h5-9,12,18,20-23H,10,13H2,1-4H3/t18-,20-,21+,22+,23+/m0/s1. The lowest BCUT2D eigenvalue weighted by Gasteiger charge is -2.38. The van der Waals surface area contributed by atoms with Gasteiger partial charge >= 0.3 is 23.9 Å². The Labute approximate surface area is 197 Å². The van der Waals surface area contributed by atoms with Crippen LogP contribution in [0, 0.1) is 17.2 Å². The Morgan fingerprint density at radius 2 is 1.62 bits per heavy atom. The molecule has 0 radical (unpaired) electrons. The van der Waals surface area contributed by atoms with Gasteiger partial charge < -0.3 is 18.9 Å². The number of rotatable bonds is 9. The maximum Gasteiger partial charge on any atom is 0.303 e. The highest BCUT2D eigenvalue weighted by Crippen LogP contribution is 2.30. The van der Waals surface area contributed by atoms with Crippen LogP contribution in [0.3, 0.4) is 0 Å². The average molecular weight is 473 g/mol. The van der Waals surface area contributed by atoms with Crippen molar-refractivity contribution in [1.29, 1.82) is 5.26 Å². The Balaban J connectivity index is 2.44. The fraction of sp³-hybridized carbons (Fsp3) is 0.478. The van der Waals surface area contributed by atoms with E-state index in [9.17, 15) is 24.4 Å². The van der Waals surface area contributed by atoms with Gasteiger partial charge in [0.2, 0.25) is 0 Å². The first-order valence-electron chi connectivity index (χ1n) is 10.5. The molecule has 0 aliphatic carbocycles. The monoisotopic (exact) mass is 473 g/mol. The molecule has 1 heterocycles. The molecule has 34 heavy (non-hydrogen) atoms. The summed E-state index contributed by atoms with van der Waals surface area (Å²) in [7, 11) is 0. The van der Waals surface area contributed by atoms with E-state index in [0.29, 0.717) is 5.69 Å². The van der Waals surface area contributed by atoms with Gasteiger partial charge in [0.15, 0.2) is 18.3 Å². The topological polar surface area (TPSA) is 145 Å². The van der Waals surface area contributed by atoms with Crippen LogP contribution < -0.4 is 5.01 Å². The van der Waals surface area contributed by atoms with Crippen molar-refractivity contribution < 1.29 is 38.1 Å². The van der Waals surface area contributed by atoms with Crippen molar-refractivity contribution in [3.8, 4) is 6.07 Å². The van der Waals surface area contributed by atoms with E-state index in [4.69, 9.17) is 18.9 Å². The van der Waals surface area contributed by atoms with Gasteiger partial charge in [-0.3, -0.25) is 19.2 Å². The normalized spacial score (nSPS) is 19.7. The van der Waals surface area contributed by atoms with E-state index in [1.807, 2.05) is 18.2 Å². The molecule has 0 spiro atoms. The molecule has 1 aliphatic rings. The molecule has 1 aromatic rings. The van der Waals surface area contributed by atoms with Crippen LogP contribution in [0.15, 0.2) is 35.4 Å². The number of carbonyl (C=O) groups excluding carboxylic acids is 4. The second kappa shape index (κ2) is 12.3. The van der Waals surface area contributed by atoms with Gasteiger partial charge in [0.05, 0.1) is 11.8 Å². The molecule has 0 amide bonds. The lowest BCUT2D eigenvalue weighted by Crippen LogP contribution is -2.52. The molecule has 0 aromatic heterocycles. The summed E-state index contributed by atoms with van der Waals surface area (Å²) in [5.41, 5.74) is 0.692. The third-order valence-electron chi connectivity index (χ3n) is 4.83. The van der Waals surface area contributed by atoms with E-state index >= 15 is 0 Å². The fourth-order valence-corrected chi connectivity index (χ4v) is 3.55. The van der Waals surface area contributed by atoms with E-state index in [1.54, 1.807) is 12.1 Å². The summed E-state index contributed by atoms with van der Waals surface area (Å²) < 4.78 is 21.1. The van der Waals surface area contributed by atoms with E-state index < -0.39 is 60.8 Å². The molecule has 1 aromatic carbocycles. The van der Waals surface area contributed by atoms with Crippen molar-refractivity contribution in [2.24, 2.45) is 11.0 Å². The minimum Gasteiger partial charge on any atom is -0.462 e. The number of esters is 4. The van der Waals surface area contributed by atoms with E-state index in [0.717, 1.165) is 13.8 Å². The SMILES string of the molecule is CC(=O)OC[C@@H](OC(C)=O)[C@@H](OC(C)=O)[C@H](OC(C)=O)[C@@H]1C=NN(c2ccccc2)[C@H](C#N)C1. The molecule has 0 fully saturated rings. The molecule has 0 N–H and O–H groups in total. The number of benzene rings is 1. The lowest BCUT2D eigenvalue weighted by atomic mass is 9.88. The van der Waals surface area contributed by atoms with E-state index in [-0.39, 0.29) is 6.42 Å². The van der Waals surface area contributed by atoms with Gasteiger partial charge in [0.1, 0.15) is 12.6 Å². The fourth-order valence-electron chi connectivity index (χ4n) is 3.55. The second-order valence-corrected chi connectivity index (χ2v) is 7.59. The number of ether oxygens (including phenoxy) is 4. The Morgan fingerprint density at radius 3 is 2.15 bits per heavy atom. The molecule has 182 valence electrons. The summed E-state index contributed by atoms with van der Waals surface area (Å²) in [5, 5.41) is 15.7. The first-order valence-corrected chi connectivity index (χ1v) is 10.5. The molecule has 11 heteroatoms. The number of nitrogens with zero attached hydrogens (tertiary/aromatic N) is 3. The number of carbonyl (C=O) groups is 4. The first-order chi connectivity index (χ1) is 16.1. The smallest absolute Gasteiger partial charge is 0.303 e. The van der Waals surface area contributed by atoms with Crippen LogP contribution in [0.4, 0.5) is 5.69 Å². The van der Waals surface area contributed by atoms with Crippen molar-refractivity contribution in [2.45, 2.75) is 58.5 Å². The molecule has 0 bridgehead atoms. The molecule has 5 atom stereocenters. The number of hydrogen-bond acceptors (Lipinski definition) is 11. The van der Waals surface area contributed by atoms with Crippen LogP contribution in [-0.4, -0.2) is 61.1 Å². The number of para-hydroxylation sites is 1. The third-order valence-corrected chi connectivity index (χ3v) is 4.83. The van der Waals surface area contributed by atoms with Gasteiger partial charge in [-0.2, -0.15) is 10.4 Å². The van der Waals surface area contributed by atoms with Crippen LogP contribution in [-0.2, 0) is 38.1 Å². The Hall–Kier alpha value is -3.94. The Morgan fingerprint density at radius 1 is 1.00 bits per heavy atom. The van der Waals surface area contributed by atoms with E-state index in [2.05, 4.69) is 11.2 Å². The highest BCUT2D eigenvalue weighted by molar-refractivity contribution is 5.71. The summed E-state index contributed by atoms with van der Waals surface area (Å²) in [5.74, 6) is -3.49. The quantitative estimate of drug-likeness (QED) is 0.384. The summed E-state index contributed by atoms with van der Waals surface area (Å²) in [6, 6.07) is 10.5. The number of anilines is 1. The third kappa shape index (κ3) is 7.58. The maximum atomic E-state index is 12.0. The van der Waals surface area contributed by atoms with Crippen molar-refractivity contribution in [2.75, 3.05) is 11.6 Å². The average Bonchev–Trinajstić information content (AvgIpc) is 2.78. The zero-order valence-corrected chi connectivity index (χ0v) is 19.4. The van der Waals surface area contributed by atoms with Crippen molar-refractivity contribution in [1.82, 2.24) is 0 Å². The predicted molar refractivity (Wildman–Crippen MR) is 118 cm³/mol. The summed E-state index contributed by atoms with van der Waals surface area (Å²) in [4.78, 5) is 47.0. The Kier molecular flexibility index (Phi) is 9.55. The molecule has 0 saturated carbocycles. The summed E-state index contributed by atoms with van der Waals surface area (Å²) in [6.07, 6.45) is -2.13. The number of hydrazone groups is 1. The summed E-state index contributed by atoms with van der Waals surface area (Å²) in [6.45, 7) is 4.17. The Bertz CT molecular complexity index is 959. The van der Waals surface area contributed by atoms with Gasteiger partial charge in [-0.25, -0.2) is 5.01 Å². The molecular formula is C23H27N3O8. The molecule has 0 saturated heterocycles. The first kappa shape index (κ1) is 26.3. The molecule has 0 unspecified atom stereocenters. The van der Waals surface area contributed by atoms with Crippen LogP contribution in [0.1, 0.15) is 34.1 Å². The lowest BCUT2D eigenvalue weighted by molar-refractivity contribution is -0.191. The van der Waals surface area contributed by atoms with Gasteiger partial charge in [0, 0.05) is 39.8 Å². The van der Waals surface area contributed by atoms with Gasteiger partial charge in [-0.1, -0.05) is 18.2 Å². The zero-order valence-electron chi connectivity index (χ0n) is 19.4. The molecule has 11 nitrogen and oxygen atoms in total. The van der Waals surface area contributed by atoms with Crippen molar-refractivity contribution in [3.05, 3.63) is 30.3 Å². The van der Waals surface area contributed by atoms with Crippen LogP contribution in [0.2, 0.25) is 0 Å². The van der Waals surface area contributed by atoms with E-state index in [1.165, 1.54) is 25.1 Å². The number of hydrogen-bond donors (Lipinski definition) is 0. The molecule has 2 rings (SSSR count). The minimum atomic E-state index is -1.33. The van der Waals surface area contributed by atoms with Crippen LogP contribution in [0.25, 0.3) is 0 Å².